The van der Waals surface area contributed by atoms with Crippen LogP contribution in [0.5, 0.6) is 0 Å². The van der Waals surface area contributed by atoms with Crippen molar-refractivity contribution in [2.24, 2.45) is 0 Å². The van der Waals surface area contributed by atoms with Crippen LogP contribution in [0.3, 0.4) is 0 Å². The third kappa shape index (κ3) is 1.95. The van der Waals surface area contributed by atoms with E-state index in [1.807, 2.05) is 6.33 Å². The lowest BCUT2D eigenvalue weighted by atomic mass is 10.1. The first-order valence-electron chi connectivity index (χ1n) is 5.28. The van der Waals surface area contributed by atoms with Crippen molar-refractivity contribution in [3.8, 4) is 0 Å². The van der Waals surface area contributed by atoms with E-state index < -0.39 is 0 Å². The molecule has 0 N–H and O–H groups in total. The Bertz CT molecular complexity index is 279. The lowest BCUT2D eigenvalue weighted by Gasteiger charge is -2.10. The van der Waals surface area contributed by atoms with Crippen molar-refractivity contribution < 1.29 is 4.74 Å². The number of rotatable bonds is 4. The number of hydrogen-bond donors (Lipinski definition) is 0. The van der Waals surface area contributed by atoms with Gasteiger partial charge in [0.15, 0.2) is 0 Å². The van der Waals surface area contributed by atoms with Gasteiger partial charge in [0.2, 0.25) is 0 Å². The minimum absolute atomic E-state index is 0.634. The number of hydrogen-bond acceptors (Lipinski definition) is 3. The van der Waals surface area contributed by atoms with Gasteiger partial charge in [-0.05, 0) is 12.8 Å². The monoisotopic (exact) mass is 195 g/mol. The van der Waals surface area contributed by atoms with Gasteiger partial charge in [0.05, 0.1) is 6.61 Å². The average Bonchev–Trinajstić information content (AvgIpc) is 2.84. The summed E-state index contributed by atoms with van der Waals surface area (Å²) in [6.45, 7) is 1.60. The molecular formula is C10H17N3O. The van der Waals surface area contributed by atoms with Crippen molar-refractivity contribution >= 4 is 0 Å². The van der Waals surface area contributed by atoms with Gasteiger partial charge in [-0.2, -0.15) is 0 Å². The van der Waals surface area contributed by atoms with Gasteiger partial charge in [-0.1, -0.05) is 12.8 Å². The highest BCUT2D eigenvalue weighted by Gasteiger charge is 2.21. The highest BCUT2D eigenvalue weighted by atomic mass is 16.5. The van der Waals surface area contributed by atoms with Crippen LogP contribution < -0.4 is 0 Å². The van der Waals surface area contributed by atoms with Crippen molar-refractivity contribution in [3.63, 3.8) is 0 Å². The molecule has 1 saturated carbocycles. The zero-order valence-electron chi connectivity index (χ0n) is 8.65. The molecule has 0 saturated heterocycles. The molecule has 78 valence electrons. The van der Waals surface area contributed by atoms with E-state index in [0.717, 1.165) is 19.0 Å². The Kier molecular flexibility index (Phi) is 3.14. The minimum Gasteiger partial charge on any atom is -0.383 e. The van der Waals surface area contributed by atoms with Gasteiger partial charge in [-0.3, -0.25) is 0 Å². The summed E-state index contributed by atoms with van der Waals surface area (Å²) in [6, 6.07) is 0. The highest BCUT2D eigenvalue weighted by molar-refractivity contribution is 4.98. The molecule has 0 spiro atoms. The molecule has 0 amide bonds. The van der Waals surface area contributed by atoms with Gasteiger partial charge < -0.3 is 9.30 Å². The van der Waals surface area contributed by atoms with Crippen molar-refractivity contribution in [1.29, 1.82) is 0 Å². The highest BCUT2D eigenvalue weighted by Crippen LogP contribution is 2.32. The molecule has 0 aromatic carbocycles. The number of methoxy groups -OCH3 is 1. The number of ether oxygens (including phenoxy) is 1. The lowest BCUT2D eigenvalue weighted by Crippen LogP contribution is -2.09. The van der Waals surface area contributed by atoms with Crippen molar-refractivity contribution in [2.75, 3.05) is 13.7 Å². The quantitative estimate of drug-likeness (QED) is 0.732. The van der Waals surface area contributed by atoms with Crippen LogP contribution in [-0.2, 0) is 11.3 Å². The molecule has 1 aliphatic carbocycles. The fourth-order valence-corrected chi connectivity index (χ4v) is 2.13. The van der Waals surface area contributed by atoms with E-state index in [1.165, 1.54) is 25.7 Å². The molecule has 1 fully saturated rings. The number of aromatic nitrogens is 3. The molecule has 0 bridgehead atoms. The zero-order chi connectivity index (χ0) is 9.80. The van der Waals surface area contributed by atoms with Crippen molar-refractivity contribution in [3.05, 3.63) is 12.2 Å². The fourth-order valence-electron chi connectivity index (χ4n) is 2.13. The van der Waals surface area contributed by atoms with Crippen LogP contribution in [-0.4, -0.2) is 28.5 Å². The molecule has 14 heavy (non-hydrogen) atoms. The molecule has 4 nitrogen and oxygen atoms in total. The van der Waals surface area contributed by atoms with Gasteiger partial charge in [0.1, 0.15) is 12.2 Å². The SMILES string of the molecule is COCCn1cnnc1C1CCCC1. The summed E-state index contributed by atoms with van der Waals surface area (Å²) in [7, 11) is 1.72. The minimum atomic E-state index is 0.634. The van der Waals surface area contributed by atoms with Crippen LogP contribution >= 0.6 is 0 Å². The molecule has 4 heteroatoms. The van der Waals surface area contributed by atoms with Crippen molar-refractivity contribution in [2.45, 2.75) is 38.1 Å². The van der Waals surface area contributed by atoms with E-state index in [2.05, 4.69) is 14.8 Å². The Morgan fingerprint density at radius 2 is 2.29 bits per heavy atom. The second-order valence-electron chi connectivity index (χ2n) is 3.86. The van der Waals surface area contributed by atoms with Gasteiger partial charge in [-0.25, -0.2) is 0 Å². The van der Waals surface area contributed by atoms with Crippen molar-refractivity contribution in [1.82, 2.24) is 14.8 Å². The average molecular weight is 195 g/mol. The molecule has 1 aromatic heterocycles. The summed E-state index contributed by atoms with van der Waals surface area (Å²) in [4.78, 5) is 0. The largest absolute Gasteiger partial charge is 0.383 e. The summed E-state index contributed by atoms with van der Waals surface area (Å²) in [5, 5.41) is 8.19. The standard InChI is InChI=1S/C10H17N3O/c1-14-7-6-13-8-11-12-10(13)9-4-2-3-5-9/h8-9H,2-7H2,1H3. The third-order valence-corrected chi connectivity index (χ3v) is 2.90. The maximum Gasteiger partial charge on any atom is 0.135 e. The second-order valence-corrected chi connectivity index (χ2v) is 3.86. The molecule has 1 aromatic rings. The van der Waals surface area contributed by atoms with Crippen LogP contribution in [0.4, 0.5) is 0 Å². The molecule has 0 atom stereocenters. The van der Waals surface area contributed by atoms with Crippen LogP contribution in [0, 0.1) is 0 Å². The van der Waals surface area contributed by atoms with E-state index in [0.29, 0.717) is 5.92 Å². The predicted octanol–water partition coefficient (Wildman–Crippen LogP) is 1.58. The summed E-state index contributed by atoms with van der Waals surface area (Å²) in [5.41, 5.74) is 0. The second kappa shape index (κ2) is 4.55. The predicted molar refractivity (Wildman–Crippen MR) is 53.1 cm³/mol. The molecule has 2 rings (SSSR count). The molecule has 1 heterocycles. The van der Waals surface area contributed by atoms with E-state index >= 15 is 0 Å². The third-order valence-electron chi connectivity index (χ3n) is 2.90. The Morgan fingerprint density at radius 1 is 1.50 bits per heavy atom. The Hall–Kier alpha value is -0.900. The fraction of sp³-hybridized carbons (Fsp3) is 0.800. The summed E-state index contributed by atoms with van der Waals surface area (Å²) in [5.74, 6) is 1.79. The molecular weight excluding hydrogens is 178 g/mol. The maximum absolute atomic E-state index is 5.06. The van der Waals surface area contributed by atoms with E-state index in [4.69, 9.17) is 4.74 Å². The van der Waals surface area contributed by atoms with Gasteiger partial charge in [0.25, 0.3) is 0 Å². The van der Waals surface area contributed by atoms with Crippen LogP contribution in [0.15, 0.2) is 6.33 Å². The summed E-state index contributed by atoms with van der Waals surface area (Å²) < 4.78 is 7.18. The smallest absolute Gasteiger partial charge is 0.135 e. The first kappa shape index (κ1) is 9.65. The Morgan fingerprint density at radius 3 is 3.00 bits per heavy atom. The van der Waals surface area contributed by atoms with Crippen LogP contribution in [0.2, 0.25) is 0 Å². The first-order valence-corrected chi connectivity index (χ1v) is 5.28. The van der Waals surface area contributed by atoms with E-state index in [1.54, 1.807) is 7.11 Å². The van der Waals surface area contributed by atoms with E-state index in [-0.39, 0.29) is 0 Å². The summed E-state index contributed by atoms with van der Waals surface area (Å²) >= 11 is 0. The maximum atomic E-state index is 5.06. The molecule has 1 aliphatic rings. The Labute approximate surface area is 84.3 Å². The van der Waals surface area contributed by atoms with E-state index in [9.17, 15) is 0 Å². The normalized spacial score (nSPS) is 17.8. The summed E-state index contributed by atoms with van der Waals surface area (Å²) in [6.07, 6.45) is 7.02. The lowest BCUT2D eigenvalue weighted by molar-refractivity contribution is 0.185. The molecule has 0 radical (unpaired) electrons. The first-order chi connectivity index (χ1) is 6.92. The van der Waals surface area contributed by atoms with Gasteiger partial charge in [0, 0.05) is 19.6 Å². The molecule has 0 aliphatic heterocycles. The van der Waals surface area contributed by atoms with Crippen LogP contribution in [0.1, 0.15) is 37.4 Å². The molecule has 0 unspecified atom stereocenters. The van der Waals surface area contributed by atoms with Gasteiger partial charge >= 0.3 is 0 Å². The van der Waals surface area contributed by atoms with Gasteiger partial charge in [-0.15, -0.1) is 10.2 Å². The topological polar surface area (TPSA) is 39.9 Å². The van der Waals surface area contributed by atoms with Crippen LogP contribution in [0.25, 0.3) is 0 Å². The number of nitrogens with zero attached hydrogens (tertiary/aromatic N) is 3. The zero-order valence-corrected chi connectivity index (χ0v) is 8.65. The Balaban J connectivity index is 2.04.